The lowest BCUT2D eigenvalue weighted by Crippen LogP contribution is -2.32. The second-order valence-corrected chi connectivity index (χ2v) is 4.97. The van der Waals surface area contributed by atoms with Crippen molar-refractivity contribution in [2.75, 3.05) is 5.32 Å². The van der Waals surface area contributed by atoms with Crippen molar-refractivity contribution >= 4 is 17.3 Å². The molecule has 1 heterocycles. The Labute approximate surface area is 101 Å². The highest BCUT2D eigenvalue weighted by Gasteiger charge is 2.19. The largest absolute Gasteiger partial charge is 0.380 e. The van der Waals surface area contributed by atoms with Gasteiger partial charge >= 0.3 is 0 Å². The molecule has 1 aliphatic carbocycles. The van der Waals surface area contributed by atoms with Crippen molar-refractivity contribution in [2.45, 2.75) is 44.7 Å². The van der Waals surface area contributed by atoms with Crippen molar-refractivity contribution in [1.29, 1.82) is 0 Å². The van der Waals surface area contributed by atoms with Gasteiger partial charge in [0.2, 0.25) is 0 Å². The second-order valence-electron chi connectivity index (χ2n) is 4.61. The number of aromatic nitrogens is 1. The van der Waals surface area contributed by atoms with Gasteiger partial charge in [-0.3, -0.25) is 0 Å². The molecule has 1 saturated carbocycles. The minimum absolute atomic E-state index is 0.379. The van der Waals surface area contributed by atoms with E-state index in [0.29, 0.717) is 17.2 Å². The standard InChI is InChI=1S/C12H18ClN3/c1-8-6-11(12(13)15-7-8)16-10-4-2-9(14)3-5-10/h6-7,9-10,16H,2-5,14H2,1H3. The summed E-state index contributed by atoms with van der Waals surface area (Å²) in [6.45, 7) is 2.02. The Balaban J connectivity index is 2.00. The van der Waals surface area contributed by atoms with Gasteiger partial charge in [0.1, 0.15) is 0 Å². The van der Waals surface area contributed by atoms with Crippen LogP contribution in [0.2, 0.25) is 5.15 Å². The van der Waals surface area contributed by atoms with Gasteiger partial charge in [-0.1, -0.05) is 11.6 Å². The van der Waals surface area contributed by atoms with E-state index >= 15 is 0 Å². The number of nitrogens with one attached hydrogen (secondary N) is 1. The van der Waals surface area contributed by atoms with Crippen molar-refractivity contribution in [3.8, 4) is 0 Å². The molecule has 0 aliphatic heterocycles. The molecule has 1 aliphatic rings. The molecule has 1 aromatic rings. The lowest BCUT2D eigenvalue weighted by Gasteiger charge is -2.27. The van der Waals surface area contributed by atoms with Gasteiger partial charge in [-0.2, -0.15) is 0 Å². The quantitative estimate of drug-likeness (QED) is 0.781. The fraction of sp³-hybridized carbons (Fsp3) is 0.583. The molecule has 16 heavy (non-hydrogen) atoms. The van der Waals surface area contributed by atoms with Gasteiger partial charge in [-0.15, -0.1) is 0 Å². The number of hydrogen-bond donors (Lipinski definition) is 2. The van der Waals surface area contributed by atoms with E-state index in [1.165, 1.54) is 0 Å². The highest BCUT2D eigenvalue weighted by atomic mass is 35.5. The van der Waals surface area contributed by atoms with Crippen LogP contribution in [0, 0.1) is 6.92 Å². The van der Waals surface area contributed by atoms with Crippen LogP contribution in [0.15, 0.2) is 12.3 Å². The van der Waals surface area contributed by atoms with Crippen molar-refractivity contribution in [3.63, 3.8) is 0 Å². The second kappa shape index (κ2) is 5.02. The first-order valence-corrected chi connectivity index (χ1v) is 6.17. The molecule has 0 radical (unpaired) electrons. The van der Waals surface area contributed by atoms with Gasteiger partial charge in [-0.25, -0.2) is 4.98 Å². The zero-order valence-corrected chi connectivity index (χ0v) is 10.3. The summed E-state index contributed by atoms with van der Waals surface area (Å²) < 4.78 is 0. The number of pyridine rings is 1. The Bertz CT molecular complexity index is 359. The Hall–Kier alpha value is -0.800. The van der Waals surface area contributed by atoms with Crippen molar-refractivity contribution in [3.05, 3.63) is 23.0 Å². The average Bonchev–Trinajstić information content (AvgIpc) is 2.27. The van der Waals surface area contributed by atoms with Crippen LogP contribution in [-0.2, 0) is 0 Å². The first-order chi connectivity index (χ1) is 7.65. The Morgan fingerprint density at radius 2 is 2.06 bits per heavy atom. The maximum Gasteiger partial charge on any atom is 0.152 e. The average molecular weight is 240 g/mol. The highest BCUT2D eigenvalue weighted by Crippen LogP contribution is 2.25. The van der Waals surface area contributed by atoms with Gasteiger partial charge in [0, 0.05) is 18.3 Å². The summed E-state index contributed by atoms with van der Waals surface area (Å²) in [5, 5.41) is 4.02. The summed E-state index contributed by atoms with van der Waals surface area (Å²) in [7, 11) is 0. The number of anilines is 1. The van der Waals surface area contributed by atoms with Gasteiger partial charge in [-0.05, 0) is 44.2 Å². The predicted molar refractivity (Wildman–Crippen MR) is 67.8 cm³/mol. The minimum Gasteiger partial charge on any atom is -0.380 e. The number of nitrogens with zero attached hydrogens (tertiary/aromatic N) is 1. The van der Waals surface area contributed by atoms with Crippen LogP contribution in [0.25, 0.3) is 0 Å². The molecule has 1 fully saturated rings. The third-order valence-electron chi connectivity index (χ3n) is 3.11. The van der Waals surface area contributed by atoms with Gasteiger partial charge in [0.25, 0.3) is 0 Å². The van der Waals surface area contributed by atoms with Crippen molar-refractivity contribution in [2.24, 2.45) is 5.73 Å². The third kappa shape index (κ3) is 2.86. The fourth-order valence-electron chi connectivity index (χ4n) is 2.14. The summed E-state index contributed by atoms with van der Waals surface area (Å²) in [6, 6.07) is 2.91. The minimum atomic E-state index is 0.379. The SMILES string of the molecule is Cc1cnc(Cl)c(NC2CCC(N)CC2)c1. The number of nitrogens with two attached hydrogens (primary N) is 1. The topological polar surface area (TPSA) is 50.9 Å². The van der Waals surface area contributed by atoms with Crippen molar-refractivity contribution in [1.82, 2.24) is 4.98 Å². The van der Waals surface area contributed by atoms with Crippen LogP contribution in [-0.4, -0.2) is 17.1 Å². The smallest absolute Gasteiger partial charge is 0.152 e. The van der Waals surface area contributed by atoms with Crippen LogP contribution in [0.4, 0.5) is 5.69 Å². The molecular formula is C12H18ClN3. The van der Waals surface area contributed by atoms with Crippen LogP contribution < -0.4 is 11.1 Å². The molecule has 88 valence electrons. The molecule has 0 amide bonds. The number of halogens is 1. The van der Waals surface area contributed by atoms with Crippen LogP contribution >= 0.6 is 11.6 Å². The fourth-order valence-corrected chi connectivity index (χ4v) is 2.30. The molecule has 4 heteroatoms. The van der Waals surface area contributed by atoms with E-state index in [4.69, 9.17) is 17.3 Å². The lowest BCUT2D eigenvalue weighted by atomic mass is 9.92. The first kappa shape index (κ1) is 11.7. The summed E-state index contributed by atoms with van der Waals surface area (Å²) in [4.78, 5) is 4.14. The Morgan fingerprint density at radius 3 is 2.75 bits per heavy atom. The maximum atomic E-state index is 6.05. The van der Waals surface area contributed by atoms with Crippen molar-refractivity contribution < 1.29 is 0 Å². The molecule has 2 rings (SSSR count). The number of hydrogen-bond acceptors (Lipinski definition) is 3. The molecule has 0 atom stereocenters. The van der Waals surface area contributed by atoms with E-state index in [0.717, 1.165) is 36.9 Å². The van der Waals surface area contributed by atoms with E-state index in [-0.39, 0.29) is 0 Å². The van der Waals surface area contributed by atoms with E-state index in [1.807, 2.05) is 13.0 Å². The van der Waals surface area contributed by atoms with E-state index in [2.05, 4.69) is 10.3 Å². The van der Waals surface area contributed by atoms with E-state index in [9.17, 15) is 0 Å². The first-order valence-electron chi connectivity index (χ1n) is 5.79. The zero-order valence-electron chi connectivity index (χ0n) is 9.54. The molecule has 0 bridgehead atoms. The number of aryl methyl sites for hydroxylation is 1. The maximum absolute atomic E-state index is 6.05. The molecule has 0 spiro atoms. The lowest BCUT2D eigenvalue weighted by molar-refractivity contribution is 0.411. The van der Waals surface area contributed by atoms with Gasteiger partial charge < -0.3 is 11.1 Å². The normalized spacial score (nSPS) is 25.4. The number of rotatable bonds is 2. The predicted octanol–water partition coefficient (Wildman–Crippen LogP) is 2.73. The molecular weight excluding hydrogens is 222 g/mol. The molecule has 3 N–H and O–H groups in total. The molecule has 3 nitrogen and oxygen atoms in total. The molecule has 0 unspecified atom stereocenters. The molecule has 0 aromatic carbocycles. The summed E-state index contributed by atoms with van der Waals surface area (Å²) in [6.07, 6.45) is 6.20. The summed E-state index contributed by atoms with van der Waals surface area (Å²) >= 11 is 6.05. The van der Waals surface area contributed by atoms with Crippen LogP contribution in [0.5, 0.6) is 0 Å². The van der Waals surface area contributed by atoms with Gasteiger partial charge in [0.15, 0.2) is 5.15 Å². The third-order valence-corrected chi connectivity index (χ3v) is 3.41. The summed E-state index contributed by atoms with van der Waals surface area (Å²) in [5.74, 6) is 0. The van der Waals surface area contributed by atoms with Crippen LogP contribution in [0.1, 0.15) is 31.2 Å². The Kier molecular flexibility index (Phi) is 3.66. The monoisotopic (exact) mass is 239 g/mol. The van der Waals surface area contributed by atoms with E-state index < -0.39 is 0 Å². The highest BCUT2D eigenvalue weighted by molar-refractivity contribution is 6.31. The zero-order chi connectivity index (χ0) is 11.5. The Morgan fingerprint density at radius 1 is 1.38 bits per heavy atom. The summed E-state index contributed by atoms with van der Waals surface area (Å²) in [5.41, 5.74) is 7.95. The van der Waals surface area contributed by atoms with Crippen LogP contribution in [0.3, 0.4) is 0 Å². The van der Waals surface area contributed by atoms with Gasteiger partial charge in [0.05, 0.1) is 5.69 Å². The molecule has 0 saturated heterocycles. The van der Waals surface area contributed by atoms with E-state index in [1.54, 1.807) is 6.20 Å². The molecule has 1 aromatic heterocycles.